The molecule has 0 saturated carbocycles. The maximum Gasteiger partial charge on any atom is 0.306 e. The van der Waals surface area contributed by atoms with Crippen LogP contribution in [-0.2, 0) is 23.8 Å². The number of carbonyl (C=O) groups excluding carboxylic acids is 2. The van der Waals surface area contributed by atoms with Crippen LogP contribution in [0.25, 0.3) is 0 Å². The predicted molar refractivity (Wildman–Crippen MR) is 154 cm³/mol. The van der Waals surface area contributed by atoms with Gasteiger partial charge in [-0.3, -0.25) is 9.59 Å². The third-order valence-electron chi connectivity index (χ3n) is 6.23. The number of ether oxygens (including phenoxy) is 3. The van der Waals surface area contributed by atoms with E-state index in [0.29, 0.717) is 25.4 Å². The first kappa shape index (κ1) is 35.6. The van der Waals surface area contributed by atoms with E-state index in [1.807, 2.05) is 6.08 Å². The average Bonchev–Trinajstić information content (AvgIpc) is 2.60. The average molecular weight is 525 g/mol. The van der Waals surface area contributed by atoms with E-state index in [1.54, 1.807) is 0 Å². The zero-order valence-corrected chi connectivity index (χ0v) is 26.6. The minimum absolute atomic E-state index is 0.000606. The molecule has 218 valence electrons. The van der Waals surface area contributed by atoms with Crippen molar-refractivity contribution in [2.75, 3.05) is 19.8 Å². The van der Waals surface area contributed by atoms with Crippen molar-refractivity contribution < 1.29 is 23.8 Å². The van der Waals surface area contributed by atoms with Gasteiger partial charge in [-0.15, -0.1) is 6.58 Å². The Morgan fingerprint density at radius 2 is 1.30 bits per heavy atom. The quantitative estimate of drug-likeness (QED) is 0.141. The van der Waals surface area contributed by atoms with Crippen LogP contribution in [0, 0.1) is 33.0 Å². The van der Waals surface area contributed by atoms with E-state index in [9.17, 15) is 9.59 Å². The minimum Gasteiger partial charge on any atom is -0.462 e. The molecule has 0 aromatic heterocycles. The zero-order chi connectivity index (χ0) is 29.3. The summed E-state index contributed by atoms with van der Waals surface area (Å²) < 4.78 is 17.5. The second-order valence-corrected chi connectivity index (χ2v) is 15.9. The SMILES string of the molecule is C=CC(C)(C)CC(C)(C)COCC(COC(=O)CC(C)(C)CC(C)C)OC(=O)CC(C)(C)CC(C)(C)C. The summed E-state index contributed by atoms with van der Waals surface area (Å²) in [5, 5.41) is 0. The Balaban J connectivity index is 5.24. The van der Waals surface area contributed by atoms with E-state index in [2.05, 4.69) is 96.6 Å². The third-order valence-corrected chi connectivity index (χ3v) is 6.23. The fourth-order valence-corrected chi connectivity index (χ4v) is 5.86. The van der Waals surface area contributed by atoms with Gasteiger partial charge in [-0.1, -0.05) is 96.1 Å². The first-order valence-corrected chi connectivity index (χ1v) is 14.0. The standard InChI is InChI=1S/C32H60O5/c1-15-29(7,8)22-32(13,14)23-35-19-25(20-36-26(33)17-30(9,10)16-24(2)3)37-27(34)18-31(11,12)21-28(4,5)6/h15,24-25H,1,16-23H2,2-14H3. The molecule has 0 radical (unpaired) electrons. The highest BCUT2D eigenvalue weighted by Crippen LogP contribution is 2.37. The Morgan fingerprint density at radius 3 is 1.78 bits per heavy atom. The Kier molecular flexibility index (Phi) is 13.6. The molecule has 1 atom stereocenters. The van der Waals surface area contributed by atoms with Crippen LogP contribution in [0.5, 0.6) is 0 Å². The maximum atomic E-state index is 12.9. The molecule has 0 fully saturated rings. The van der Waals surface area contributed by atoms with Gasteiger partial charge in [-0.25, -0.2) is 0 Å². The van der Waals surface area contributed by atoms with Crippen molar-refractivity contribution in [3.8, 4) is 0 Å². The van der Waals surface area contributed by atoms with Crippen molar-refractivity contribution in [1.82, 2.24) is 0 Å². The molecule has 0 amide bonds. The summed E-state index contributed by atoms with van der Waals surface area (Å²) in [5.74, 6) is -0.0605. The lowest BCUT2D eigenvalue weighted by Crippen LogP contribution is -2.34. The van der Waals surface area contributed by atoms with Gasteiger partial charge in [0.05, 0.1) is 26.1 Å². The number of carbonyl (C=O) groups is 2. The number of allylic oxidation sites excluding steroid dienone is 1. The molecule has 0 heterocycles. The summed E-state index contributed by atoms with van der Waals surface area (Å²) in [6, 6.07) is 0. The molecule has 0 N–H and O–H groups in total. The molecule has 37 heavy (non-hydrogen) atoms. The molecule has 0 aliphatic heterocycles. The van der Waals surface area contributed by atoms with Crippen LogP contribution < -0.4 is 0 Å². The van der Waals surface area contributed by atoms with Gasteiger partial charge in [0.2, 0.25) is 0 Å². The first-order valence-electron chi connectivity index (χ1n) is 14.0. The van der Waals surface area contributed by atoms with Crippen LogP contribution in [0.15, 0.2) is 12.7 Å². The monoisotopic (exact) mass is 524 g/mol. The highest BCUT2D eigenvalue weighted by Gasteiger charge is 2.31. The fraction of sp³-hybridized carbons (Fsp3) is 0.875. The summed E-state index contributed by atoms with van der Waals surface area (Å²) in [7, 11) is 0. The fourth-order valence-electron chi connectivity index (χ4n) is 5.86. The summed E-state index contributed by atoms with van der Waals surface area (Å²) in [6.07, 6.45) is 4.70. The Hall–Kier alpha value is -1.36. The highest BCUT2D eigenvalue weighted by atomic mass is 16.6. The van der Waals surface area contributed by atoms with Crippen LogP contribution >= 0.6 is 0 Å². The van der Waals surface area contributed by atoms with Crippen LogP contribution in [0.4, 0.5) is 0 Å². The van der Waals surface area contributed by atoms with Crippen molar-refractivity contribution in [3.63, 3.8) is 0 Å². The number of hydrogen-bond acceptors (Lipinski definition) is 5. The van der Waals surface area contributed by atoms with Crippen molar-refractivity contribution in [2.45, 2.75) is 128 Å². The second-order valence-electron chi connectivity index (χ2n) is 15.9. The normalized spacial score (nSPS) is 14.4. The lowest BCUT2D eigenvalue weighted by atomic mass is 9.74. The zero-order valence-electron chi connectivity index (χ0n) is 26.6. The van der Waals surface area contributed by atoms with Gasteiger partial charge in [0.25, 0.3) is 0 Å². The molecule has 0 aromatic carbocycles. The topological polar surface area (TPSA) is 61.8 Å². The van der Waals surface area contributed by atoms with Crippen molar-refractivity contribution in [2.24, 2.45) is 33.0 Å². The van der Waals surface area contributed by atoms with Crippen LogP contribution in [0.2, 0.25) is 0 Å². The minimum atomic E-state index is -0.640. The third kappa shape index (κ3) is 18.5. The van der Waals surface area contributed by atoms with Gasteiger partial charge in [0.15, 0.2) is 6.10 Å². The molecule has 0 aromatic rings. The second kappa shape index (κ2) is 14.1. The Morgan fingerprint density at radius 1 is 0.757 bits per heavy atom. The smallest absolute Gasteiger partial charge is 0.306 e. The number of esters is 2. The van der Waals surface area contributed by atoms with E-state index in [0.717, 1.165) is 19.3 Å². The summed E-state index contributed by atoms with van der Waals surface area (Å²) in [4.78, 5) is 25.5. The first-order chi connectivity index (χ1) is 16.5. The van der Waals surface area contributed by atoms with Crippen LogP contribution in [0.3, 0.4) is 0 Å². The van der Waals surface area contributed by atoms with E-state index in [4.69, 9.17) is 14.2 Å². The summed E-state index contributed by atoms with van der Waals surface area (Å²) in [5.41, 5.74) is -0.326. The maximum absolute atomic E-state index is 12.9. The van der Waals surface area contributed by atoms with Crippen LogP contribution in [-0.4, -0.2) is 37.9 Å². The van der Waals surface area contributed by atoms with Gasteiger partial charge in [-0.2, -0.15) is 0 Å². The lowest BCUT2D eigenvalue weighted by Gasteiger charge is -2.33. The Bertz CT molecular complexity index is 722. The highest BCUT2D eigenvalue weighted by molar-refractivity contribution is 5.71. The van der Waals surface area contributed by atoms with Gasteiger partial charge in [0.1, 0.15) is 6.61 Å². The summed E-state index contributed by atoms with van der Waals surface area (Å²) in [6.45, 7) is 32.4. The Labute approximate surface area is 229 Å². The molecule has 0 aliphatic rings. The number of rotatable bonds is 17. The molecule has 0 aliphatic carbocycles. The molecule has 0 saturated heterocycles. The molecule has 5 heteroatoms. The van der Waals surface area contributed by atoms with Gasteiger partial charge >= 0.3 is 11.9 Å². The molecule has 1 unspecified atom stereocenters. The predicted octanol–water partition coefficient (Wildman–Crippen LogP) is 8.40. The molecular weight excluding hydrogens is 464 g/mol. The molecule has 0 bridgehead atoms. The van der Waals surface area contributed by atoms with Crippen molar-refractivity contribution in [1.29, 1.82) is 0 Å². The molecule has 5 nitrogen and oxygen atoms in total. The van der Waals surface area contributed by atoms with E-state index in [1.165, 1.54) is 0 Å². The largest absolute Gasteiger partial charge is 0.462 e. The van der Waals surface area contributed by atoms with E-state index < -0.39 is 6.10 Å². The van der Waals surface area contributed by atoms with Gasteiger partial charge in [-0.05, 0) is 52.3 Å². The van der Waals surface area contributed by atoms with Crippen LogP contribution in [0.1, 0.15) is 122 Å². The molecular formula is C32H60O5. The van der Waals surface area contributed by atoms with Crippen molar-refractivity contribution in [3.05, 3.63) is 12.7 Å². The van der Waals surface area contributed by atoms with Gasteiger partial charge in [0, 0.05) is 0 Å². The van der Waals surface area contributed by atoms with E-state index >= 15 is 0 Å². The van der Waals surface area contributed by atoms with Crippen molar-refractivity contribution >= 4 is 11.9 Å². The number of hydrogen-bond donors (Lipinski definition) is 0. The summed E-state index contributed by atoms with van der Waals surface area (Å²) >= 11 is 0. The molecule has 0 spiro atoms. The lowest BCUT2D eigenvalue weighted by molar-refractivity contribution is -0.166. The molecule has 0 rings (SSSR count). The van der Waals surface area contributed by atoms with E-state index in [-0.39, 0.29) is 52.2 Å². The van der Waals surface area contributed by atoms with Gasteiger partial charge < -0.3 is 14.2 Å².